The second-order valence-corrected chi connectivity index (χ2v) is 2.14. The predicted octanol–water partition coefficient (Wildman–Crippen LogP) is 2.56. The Balaban J connectivity index is 0. The highest BCUT2D eigenvalue weighted by Gasteiger charge is 1.83. The predicted molar refractivity (Wildman–Crippen MR) is 55.5 cm³/mol. The van der Waals surface area contributed by atoms with E-state index in [1.165, 1.54) is 0 Å². The van der Waals surface area contributed by atoms with Crippen LogP contribution in [0.3, 0.4) is 0 Å². The third-order valence-electron chi connectivity index (χ3n) is 0.933. The molecule has 0 aliphatic heterocycles. The van der Waals surface area contributed by atoms with Crippen LogP contribution in [0, 0.1) is 0 Å². The summed E-state index contributed by atoms with van der Waals surface area (Å²) in [7, 11) is 0. The second-order valence-electron chi connectivity index (χ2n) is 2.14. The average Bonchev–Trinajstić information content (AvgIpc) is 2.09. The van der Waals surface area contributed by atoms with Crippen LogP contribution in [0.2, 0.25) is 0 Å². The molecule has 2 nitrogen and oxygen atoms in total. The summed E-state index contributed by atoms with van der Waals surface area (Å²) in [6.07, 6.45) is 3.20. The first-order valence-electron chi connectivity index (χ1n) is 4.14. The molecule has 0 fully saturated rings. The second kappa shape index (κ2) is 10.1. The number of hydrogen-bond donors (Lipinski definition) is 1. The minimum absolute atomic E-state index is 0.000278. The van der Waals surface area contributed by atoms with Gasteiger partial charge in [0.15, 0.2) is 0 Å². The Hall–Kier alpha value is -0.890. The van der Waals surface area contributed by atoms with E-state index in [-0.39, 0.29) is 6.61 Å². The number of rotatable bonds is 3. The molecular weight excluding hydrogens is 150 g/mol. The molecule has 0 aromatic heterocycles. The molecule has 0 aromatic rings. The lowest BCUT2D eigenvalue weighted by molar-refractivity contribution is 0.335. The first-order chi connectivity index (χ1) is 5.70. The fourth-order valence-corrected chi connectivity index (χ4v) is 0.370. The first kappa shape index (κ1) is 13.7. The zero-order valence-corrected chi connectivity index (χ0v) is 8.46. The molecule has 70 valence electrons. The Morgan fingerprint density at radius 3 is 2.17 bits per heavy atom. The van der Waals surface area contributed by atoms with E-state index < -0.39 is 0 Å². The van der Waals surface area contributed by atoms with Crippen molar-refractivity contribution in [2.24, 2.45) is 4.99 Å². The summed E-state index contributed by atoms with van der Waals surface area (Å²) in [5.41, 5.74) is 1.70. The fraction of sp³-hybridized carbons (Fsp3) is 0.500. The van der Waals surface area contributed by atoms with Crippen LogP contribution in [-0.4, -0.2) is 17.4 Å². The van der Waals surface area contributed by atoms with Gasteiger partial charge < -0.3 is 5.11 Å². The van der Waals surface area contributed by atoms with E-state index in [0.717, 1.165) is 11.3 Å². The summed E-state index contributed by atoms with van der Waals surface area (Å²) < 4.78 is 0. The third-order valence-corrected chi connectivity index (χ3v) is 0.933. The van der Waals surface area contributed by atoms with Gasteiger partial charge in [-0.1, -0.05) is 26.5 Å². The number of aliphatic hydroxyl groups is 1. The molecule has 0 bridgehead atoms. The van der Waals surface area contributed by atoms with Crippen molar-refractivity contribution >= 4 is 5.71 Å². The van der Waals surface area contributed by atoms with Crippen LogP contribution in [0.15, 0.2) is 29.4 Å². The molecule has 0 aliphatic rings. The normalized spacial score (nSPS) is 9.58. The molecule has 0 rings (SSSR count). The highest BCUT2D eigenvalue weighted by Crippen LogP contribution is 1.93. The topological polar surface area (TPSA) is 32.6 Å². The van der Waals surface area contributed by atoms with E-state index in [4.69, 9.17) is 5.11 Å². The van der Waals surface area contributed by atoms with Crippen molar-refractivity contribution in [3.05, 3.63) is 24.4 Å². The van der Waals surface area contributed by atoms with E-state index in [0.29, 0.717) is 0 Å². The maximum absolute atomic E-state index is 8.63. The minimum atomic E-state index is 0.000278. The van der Waals surface area contributed by atoms with Crippen LogP contribution in [0.5, 0.6) is 0 Å². The van der Waals surface area contributed by atoms with Crippen LogP contribution in [0.1, 0.15) is 27.7 Å². The van der Waals surface area contributed by atoms with E-state index >= 15 is 0 Å². The van der Waals surface area contributed by atoms with Crippen molar-refractivity contribution in [2.45, 2.75) is 27.7 Å². The lowest BCUT2D eigenvalue weighted by Gasteiger charge is -1.91. The van der Waals surface area contributed by atoms with Gasteiger partial charge in [0.2, 0.25) is 0 Å². The molecule has 0 spiro atoms. The van der Waals surface area contributed by atoms with Crippen LogP contribution in [-0.2, 0) is 0 Å². The molecule has 0 atom stereocenters. The molecule has 0 unspecified atom stereocenters. The van der Waals surface area contributed by atoms with Gasteiger partial charge in [0.05, 0.1) is 6.61 Å². The van der Waals surface area contributed by atoms with Gasteiger partial charge >= 0.3 is 0 Å². The van der Waals surface area contributed by atoms with E-state index in [1.54, 1.807) is 12.3 Å². The number of hydrogen-bond acceptors (Lipinski definition) is 2. The molecule has 0 aliphatic carbocycles. The van der Waals surface area contributed by atoms with Gasteiger partial charge in [0, 0.05) is 11.9 Å². The molecule has 0 saturated heterocycles. The maximum atomic E-state index is 8.63. The summed E-state index contributed by atoms with van der Waals surface area (Å²) in [6, 6.07) is 0. The Morgan fingerprint density at radius 2 is 1.92 bits per heavy atom. The van der Waals surface area contributed by atoms with Crippen molar-refractivity contribution in [3.63, 3.8) is 0 Å². The summed E-state index contributed by atoms with van der Waals surface area (Å²) >= 11 is 0. The van der Waals surface area contributed by atoms with Gasteiger partial charge in [0.1, 0.15) is 0 Å². The van der Waals surface area contributed by atoms with Crippen LogP contribution in [0.4, 0.5) is 0 Å². The zero-order chi connectivity index (χ0) is 9.98. The SMILES string of the molecule is C=C/C(=C\N=C(C)C)CO.CC. The Kier molecular flexibility index (Phi) is 11.5. The van der Waals surface area contributed by atoms with Crippen LogP contribution < -0.4 is 0 Å². The van der Waals surface area contributed by atoms with Gasteiger partial charge in [-0.25, -0.2) is 0 Å². The summed E-state index contributed by atoms with van der Waals surface area (Å²) in [5.74, 6) is 0. The van der Waals surface area contributed by atoms with Crippen LogP contribution >= 0.6 is 0 Å². The maximum Gasteiger partial charge on any atom is 0.0696 e. The number of nitrogens with zero attached hydrogens (tertiary/aromatic N) is 1. The molecule has 0 amide bonds. The smallest absolute Gasteiger partial charge is 0.0696 e. The molecule has 0 radical (unpaired) electrons. The number of aliphatic imine (C=N–C) groups is 1. The first-order valence-corrected chi connectivity index (χ1v) is 4.14. The standard InChI is InChI=1S/C8H13NO.C2H6/c1-4-8(6-10)5-9-7(2)3;1-2/h4-5,10H,1,6H2,2-3H3;1-2H3/b8-5+;. The fourth-order valence-electron chi connectivity index (χ4n) is 0.370. The van der Waals surface area contributed by atoms with Gasteiger partial charge in [-0.05, 0) is 19.4 Å². The van der Waals surface area contributed by atoms with E-state index in [9.17, 15) is 0 Å². The quantitative estimate of drug-likeness (QED) is 0.511. The van der Waals surface area contributed by atoms with Gasteiger partial charge in [-0.3, -0.25) is 4.99 Å². The van der Waals surface area contributed by atoms with E-state index in [2.05, 4.69) is 11.6 Å². The van der Waals surface area contributed by atoms with Crippen LogP contribution in [0.25, 0.3) is 0 Å². The molecule has 0 heterocycles. The highest BCUT2D eigenvalue weighted by molar-refractivity contribution is 5.79. The van der Waals surface area contributed by atoms with Crippen molar-refractivity contribution in [1.82, 2.24) is 0 Å². The molecule has 12 heavy (non-hydrogen) atoms. The van der Waals surface area contributed by atoms with Crippen molar-refractivity contribution in [1.29, 1.82) is 0 Å². The van der Waals surface area contributed by atoms with Gasteiger partial charge in [0.25, 0.3) is 0 Å². The van der Waals surface area contributed by atoms with Gasteiger partial charge in [-0.2, -0.15) is 0 Å². The Bertz CT molecular complexity index is 165. The third kappa shape index (κ3) is 9.11. The molecule has 0 saturated carbocycles. The van der Waals surface area contributed by atoms with Crippen molar-refractivity contribution < 1.29 is 5.11 Å². The minimum Gasteiger partial charge on any atom is -0.392 e. The molecule has 2 heteroatoms. The Morgan fingerprint density at radius 1 is 1.42 bits per heavy atom. The zero-order valence-electron chi connectivity index (χ0n) is 8.46. The average molecular weight is 169 g/mol. The van der Waals surface area contributed by atoms with E-state index in [1.807, 2.05) is 27.7 Å². The summed E-state index contributed by atoms with van der Waals surface area (Å²) in [4.78, 5) is 3.99. The largest absolute Gasteiger partial charge is 0.392 e. The van der Waals surface area contributed by atoms with Crippen molar-refractivity contribution in [3.8, 4) is 0 Å². The summed E-state index contributed by atoms with van der Waals surface area (Å²) in [5, 5.41) is 8.63. The Labute approximate surface area is 75.3 Å². The molecular formula is C10H19NO. The van der Waals surface area contributed by atoms with Crippen molar-refractivity contribution in [2.75, 3.05) is 6.61 Å². The molecule has 1 N–H and O–H groups in total. The number of aliphatic hydroxyl groups excluding tert-OH is 1. The summed E-state index contributed by atoms with van der Waals surface area (Å²) in [6.45, 7) is 11.3. The molecule has 0 aromatic carbocycles. The lowest BCUT2D eigenvalue weighted by atomic mass is 10.3. The lowest BCUT2D eigenvalue weighted by Crippen LogP contribution is -1.85. The van der Waals surface area contributed by atoms with Gasteiger partial charge in [-0.15, -0.1) is 0 Å². The highest BCUT2D eigenvalue weighted by atomic mass is 16.3. The monoisotopic (exact) mass is 169 g/mol.